The van der Waals surface area contributed by atoms with Crippen LogP contribution in [0.1, 0.15) is 48.5 Å². The van der Waals surface area contributed by atoms with Gasteiger partial charge in [0.1, 0.15) is 0 Å². The zero-order valence-corrected chi connectivity index (χ0v) is 15.5. The largest absolute Gasteiger partial charge is 0.337 e. The van der Waals surface area contributed by atoms with E-state index in [0.29, 0.717) is 25.2 Å². The number of carbonyl (C=O) groups excluding carboxylic acids is 2. The molecule has 1 heterocycles. The number of likely N-dealkylation sites (tertiary alicyclic amines) is 1. The summed E-state index contributed by atoms with van der Waals surface area (Å²) in [7, 11) is 0. The minimum Gasteiger partial charge on any atom is -0.337 e. The summed E-state index contributed by atoms with van der Waals surface area (Å²) in [6.45, 7) is 7.12. The van der Waals surface area contributed by atoms with E-state index in [0.717, 1.165) is 38.0 Å². The molecular formula is C19H30N4O3. The van der Waals surface area contributed by atoms with Gasteiger partial charge in [0, 0.05) is 31.7 Å². The normalized spacial score (nSPS) is 14.2. The first-order valence-electron chi connectivity index (χ1n) is 9.42. The fraction of sp³-hybridized carbons (Fsp3) is 0.579. The second-order valence-corrected chi connectivity index (χ2v) is 6.69. The summed E-state index contributed by atoms with van der Waals surface area (Å²) in [5, 5.41) is 11.7. The van der Waals surface area contributed by atoms with E-state index in [4.69, 9.17) is 5.21 Å². The number of amides is 3. The van der Waals surface area contributed by atoms with E-state index in [1.54, 1.807) is 29.7 Å². The van der Waals surface area contributed by atoms with Crippen molar-refractivity contribution in [2.24, 2.45) is 0 Å². The smallest absolute Gasteiger partial charge is 0.317 e. The van der Waals surface area contributed by atoms with Crippen LogP contribution in [0.4, 0.5) is 4.79 Å². The standard InChI is InChI=1S/C19H30N4O3/c1-2-3-13-23(19(25)20-10-14-22-11-4-5-12-22)15-16-6-8-17(9-7-16)18(24)21-26/h6-9,26H,2-5,10-15H2,1H3,(H,20,25)(H,21,24). The Bertz CT molecular complexity index is 571. The third kappa shape index (κ3) is 6.31. The molecule has 26 heavy (non-hydrogen) atoms. The second-order valence-electron chi connectivity index (χ2n) is 6.69. The molecule has 1 aromatic carbocycles. The summed E-state index contributed by atoms with van der Waals surface area (Å²) in [6, 6.07) is 6.85. The quantitative estimate of drug-likeness (QED) is 0.464. The summed E-state index contributed by atoms with van der Waals surface area (Å²) in [4.78, 5) is 28.1. The van der Waals surface area contributed by atoms with Crippen LogP contribution in [0, 0.1) is 0 Å². The summed E-state index contributed by atoms with van der Waals surface area (Å²) in [5.74, 6) is -0.543. The van der Waals surface area contributed by atoms with Gasteiger partial charge in [-0.3, -0.25) is 10.0 Å². The Kier molecular flexibility index (Phi) is 8.37. The van der Waals surface area contributed by atoms with Crippen molar-refractivity contribution in [2.45, 2.75) is 39.2 Å². The van der Waals surface area contributed by atoms with Crippen molar-refractivity contribution in [1.82, 2.24) is 20.6 Å². The van der Waals surface area contributed by atoms with Gasteiger partial charge in [-0.05, 0) is 50.0 Å². The molecule has 1 aliphatic heterocycles. The summed E-state index contributed by atoms with van der Waals surface area (Å²) in [5.41, 5.74) is 2.95. The molecule has 1 fully saturated rings. The third-order valence-corrected chi connectivity index (χ3v) is 4.66. The highest BCUT2D eigenvalue weighted by Crippen LogP contribution is 2.10. The maximum atomic E-state index is 12.5. The molecule has 0 saturated carbocycles. The number of hydrogen-bond donors (Lipinski definition) is 3. The third-order valence-electron chi connectivity index (χ3n) is 4.66. The maximum absolute atomic E-state index is 12.5. The van der Waals surface area contributed by atoms with E-state index in [1.807, 2.05) is 4.90 Å². The number of benzene rings is 1. The number of urea groups is 1. The molecule has 3 amide bonds. The molecule has 1 aliphatic rings. The fourth-order valence-corrected chi connectivity index (χ4v) is 3.09. The van der Waals surface area contributed by atoms with Crippen molar-refractivity contribution >= 4 is 11.9 Å². The van der Waals surface area contributed by atoms with Crippen molar-refractivity contribution in [2.75, 3.05) is 32.7 Å². The highest BCUT2D eigenvalue weighted by Gasteiger charge is 2.15. The van der Waals surface area contributed by atoms with Crippen LogP contribution in [0.25, 0.3) is 0 Å². The highest BCUT2D eigenvalue weighted by atomic mass is 16.5. The minimum atomic E-state index is -0.543. The Balaban J connectivity index is 1.88. The molecule has 0 unspecified atom stereocenters. The van der Waals surface area contributed by atoms with Crippen LogP contribution >= 0.6 is 0 Å². The van der Waals surface area contributed by atoms with Gasteiger partial charge in [0.2, 0.25) is 0 Å². The van der Waals surface area contributed by atoms with Crippen LogP contribution in [0.15, 0.2) is 24.3 Å². The Morgan fingerprint density at radius 2 is 1.88 bits per heavy atom. The molecule has 0 aromatic heterocycles. The van der Waals surface area contributed by atoms with E-state index >= 15 is 0 Å². The number of nitrogens with one attached hydrogen (secondary N) is 2. The second kappa shape index (κ2) is 10.8. The zero-order chi connectivity index (χ0) is 18.8. The summed E-state index contributed by atoms with van der Waals surface area (Å²) in [6.07, 6.45) is 4.47. The van der Waals surface area contributed by atoms with E-state index in [2.05, 4.69) is 17.1 Å². The highest BCUT2D eigenvalue weighted by molar-refractivity contribution is 5.93. The summed E-state index contributed by atoms with van der Waals surface area (Å²) >= 11 is 0. The average Bonchev–Trinajstić information content (AvgIpc) is 3.18. The molecular weight excluding hydrogens is 332 g/mol. The van der Waals surface area contributed by atoms with Crippen LogP contribution in [0.3, 0.4) is 0 Å². The first-order chi connectivity index (χ1) is 12.6. The molecule has 0 aliphatic carbocycles. The number of nitrogens with zero attached hydrogens (tertiary/aromatic N) is 2. The number of hydrogen-bond acceptors (Lipinski definition) is 4. The van der Waals surface area contributed by atoms with Crippen molar-refractivity contribution in [1.29, 1.82) is 0 Å². The Morgan fingerprint density at radius 3 is 2.50 bits per heavy atom. The zero-order valence-electron chi connectivity index (χ0n) is 15.5. The van der Waals surface area contributed by atoms with Gasteiger partial charge in [0.25, 0.3) is 5.91 Å². The van der Waals surface area contributed by atoms with Crippen molar-refractivity contribution in [3.8, 4) is 0 Å². The Morgan fingerprint density at radius 1 is 1.19 bits per heavy atom. The van der Waals surface area contributed by atoms with Crippen molar-refractivity contribution in [3.63, 3.8) is 0 Å². The van der Waals surface area contributed by atoms with Gasteiger partial charge in [0.05, 0.1) is 0 Å². The predicted molar refractivity (Wildman–Crippen MR) is 100 cm³/mol. The van der Waals surface area contributed by atoms with Crippen LogP contribution in [-0.4, -0.2) is 59.7 Å². The lowest BCUT2D eigenvalue weighted by Gasteiger charge is -2.24. The van der Waals surface area contributed by atoms with Gasteiger partial charge in [0.15, 0.2) is 0 Å². The molecule has 0 atom stereocenters. The van der Waals surface area contributed by atoms with Crippen LogP contribution in [0.2, 0.25) is 0 Å². The predicted octanol–water partition coefficient (Wildman–Crippen LogP) is 2.21. The van der Waals surface area contributed by atoms with Gasteiger partial charge in [-0.15, -0.1) is 0 Å². The fourth-order valence-electron chi connectivity index (χ4n) is 3.09. The molecule has 1 aromatic rings. The molecule has 3 N–H and O–H groups in total. The minimum absolute atomic E-state index is 0.0465. The van der Waals surface area contributed by atoms with Gasteiger partial charge < -0.3 is 15.1 Å². The molecule has 144 valence electrons. The number of unbranched alkanes of at least 4 members (excludes halogenated alkanes) is 1. The lowest BCUT2D eigenvalue weighted by atomic mass is 10.1. The SMILES string of the molecule is CCCCN(Cc1ccc(C(=O)NO)cc1)C(=O)NCCN1CCCC1. The van der Waals surface area contributed by atoms with Gasteiger partial charge >= 0.3 is 6.03 Å². The molecule has 0 spiro atoms. The van der Waals surface area contributed by atoms with E-state index in [1.165, 1.54) is 12.8 Å². The molecule has 7 nitrogen and oxygen atoms in total. The lowest BCUT2D eigenvalue weighted by molar-refractivity contribution is 0.0706. The van der Waals surface area contributed by atoms with E-state index in [9.17, 15) is 9.59 Å². The Labute approximate surface area is 155 Å². The van der Waals surface area contributed by atoms with Crippen LogP contribution in [-0.2, 0) is 6.54 Å². The molecule has 2 rings (SSSR count). The van der Waals surface area contributed by atoms with E-state index < -0.39 is 5.91 Å². The van der Waals surface area contributed by atoms with E-state index in [-0.39, 0.29) is 6.03 Å². The van der Waals surface area contributed by atoms with Crippen molar-refractivity contribution in [3.05, 3.63) is 35.4 Å². The number of carbonyl (C=O) groups is 2. The number of hydroxylamine groups is 1. The first kappa shape index (κ1) is 20.2. The monoisotopic (exact) mass is 362 g/mol. The summed E-state index contributed by atoms with van der Waals surface area (Å²) < 4.78 is 0. The van der Waals surface area contributed by atoms with Gasteiger partial charge in [-0.1, -0.05) is 25.5 Å². The molecule has 7 heteroatoms. The molecule has 0 radical (unpaired) electrons. The van der Waals surface area contributed by atoms with Crippen molar-refractivity contribution < 1.29 is 14.8 Å². The number of rotatable bonds is 9. The van der Waals surface area contributed by atoms with Gasteiger partial charge in [-0.2, -0.15) is 0 Å². The Hall–Kier alpha value is -2.12. The topological polar surface area (TPSA) is 84.9 Å². The average molecular weight is 362 g/mol. The first-order valence-corrected chi connectivity index (χ1v) is 9.42. The lowest BCUT2D eigenvalue weighted by Crippen LogP contribution is -2.42. The molecule has 1 saturated heterocycles. The van der Waals surface area contributed by atoms with Crippen LogP contribution in [0.5, 0.6) is 0 Å². The van der Waals surface area contributed by atoms with Gasteiger partial charge in [-0.25, -0.2) is 10.3 Å². The molecule has 0 bridgehead atoms. The maximum Gasteiger partial charge on any atom is 0.317 e. The van der Waals surface area contributed by atoms with Crippen LogP contribution < -0.4 is 10.8 Å².